The molecule has 0 unspecified atom stereocenters. The van der Waals surface area contributed by atoms with Crippen molar-refractivity contribution in [1.82, 2.24) is 15.1 Å². The highest BCUT2D eigenvalue weighted by Gasteiger charge is 2.51. The molecular weight excluding hydrogens is 370 g/mol. The van der Waals surface area contributed by atoms with Crippen LogP contribution in [0, 0.1) is 0 Å². The van der Waals surface area contributed by atoms with E-state index in [1.54, 1.807) is 7.11 Å². The Hall–Kier alpha value is -2.57. The minimum atomic E-state index is -0.725. The van der Waals surface area contributed by atoms with Crippen LogP contribution in [0.15, 0.2) is 24.3 Å². The molecule has 1 aromatic rings. The number of benzene rings is 1. The van der Waals surface area contributed by atoms with E-state index in [1.807, 2.05) is 29.2 Å². The van der Waals surface area contributed by atoms with Crippen molar-refractivity contribution in [2.45, 2.75) is 62.9 Å². The van der Waals surface area contributed by atoms with Gasteiger partial charge < -0.3 is 15.0 Å². The van der Waals surface area contributed by atoms with Gasteiger partial charge in [-0.3, -0.25) is 14.5 Å². The number of methoxy groups -OCH3 is 1. The van der Waals surface area contributed by atoms with E-state index in [0.717, 1.165) is 43.4 Å². The van der Waals surface area contributed by atoms with Gasteiger partial charge in [0.05, 0.1) is 13.2 Å². The van der Waals surface area contributed by atoms with Crippen molar-refractivity contribution in [1.29, 1.82) is 0 Å². The normalized spacial score (nSPS) is 23.6. The summed E-state index contributed by atoms with van der Waals surface area (Å²) in [7, 11) is 1.63. The molecule has 7 heteroatoms. The van der Waals surface area contributed by atoms with Crippen molar-refractivity contribution in [3.63, 3.8) is 0 Å². The van der Waals surface area contributed by atoms with Gasteiger partial charge in [-0.25, -0.2) is 4.79 Å². The Labute approximate surface area is 171 Å². The Balaban J connectivity index is 1.38. The third kappa shape index (κ3) is 3.70. The zero-order valence-electron chi connectivity index (χ0n) is 17.0. The summed E-state index contributed by atoms with van der Waals surface area (Å²) >= 11 is 0. The Morgan fingerprint density at radius 2 is 1.86 bits per heavy atom. The number of likely N-dealkylation sites (tertiary alicyclic amines) is 1. The highest BCUT2D eigenvalue weighted by molar-refractivity contribution is 6.07. The lowest BCUT2D eigenvalue weighted by Crippen LogP contribution is -2.48. The van der Waals surface area contributed by atoms with E-state index in [4.69, 9.17) is 4.74 Å². The van der Waals surface area contributed by atoms with Crippen LogP contribution >= 0.6 is 0 Å². The van der Waals surface area contributed by atoms with Gasteiger partial charge in [0.15, 0.2) is 0 Å². The van der Waals surface area contributed by atoms with Crippen LogP contribution in [0.25, 0.3) is 0 Å². The molecule has 3 aliphatic rings. The maximum absolute atomic E-state index is 12.9. The van der Waals surface area contributed by atoms with Crippen molar-refractivity contribution in [3.05, 3.63) is 29.8 Å². The molecule has 7 nitrogen and oxygen atoms in total. The fourth-order valence-corrected chi connectivity index (χ4v) is 4.96. The summed E-state index contributed by atoms with van der Waals surface area (Å²) in [6, 6.07) is 7.51. The van der Waals surface area contributed by atoms with Gasteiger partial charge in [-0.15, -0.1) is 0 Å². The highest BCUT2D eigenvalue weighted by atomic mass is 16.5. The van der Waals surface area contributed by atoms with Crippen LogP contribution in [-0.2, 0) is 9.59 Å². The summed E-state index contributed by atoms with van der Waals surface area (Å²) in [4.78, 5) is 41.3. The van der Waals surface area contributed by atoms with E-state index >= 15 is 0 Å². The summed E-state index contributed by atoms with van der Waals surface area (Å²) < 4.78 is 5.21. The molecule has 2 aliphatic heterocycles. The molecule has 1 aliphatic carbocycles. The van der Waals surface area contributed by atoms with Crippen molar-refractivity contribution in [2.24, 2.45) is 0 Å². The van der Waals surface area contributed by atoms with Crippen molar-refractivity contribution < 1.29 is 19.1 Å². The third-order valence-electron chi connectivity index (χ3n) is 6.58. The molecule has 1 N–H and O–H groups in total. The van der Waals surface area contributed by atoms with E-state index in [9.17, 15) is 14.4 Å². The number of carbonyl (C=O) groups excluding carboxylic acids is 3. The molecule has 4 amide bonds. The number of nitrogens with zero attached hydrogens (tertiary/aromatic N) is 2. The Morgan fingerprint density at radius 1 is 1.14 bits per heavy atom. The average molecular weight is 399 g/mol. The van der Waals surface area contributed by atoms with Gasteiger partial charge in [0.1, 0.15) is 11.3 Å². The fraction of sp³-hybridized carbons (Fsp3) is 0.591. The standard InChI is InChI=1S/C22H29N3O4/c1-29-17-9-7-16(8-10-17)18-6-5-14-24(18)19(26)11-15-25-20(27)22(23-21(25)28)12-3-2-4-13-22/h7-10,18H,2-6,11-15H2,1H3,(H,23,28)/t18-/m1/s1. The van der Waals surface area contributed by atoms with Crippen LogP contribution in [-0.4, -0.2) is 53.4 Å². The highest BCUT2D eigenvalue weighted by Crippen LogP contribution is 2.35. The van der Waals surface area contributed by atoms with Gasteiger partial charge in [-0.1, -0.05) is 31.4 Å². The third-order valence-corrected chi connectivity index (χ3v) is 6.58. The summed E-state index contributed by atoms with van der Waals surface area (Å²) in [5.74, 6) is 0.636. The molecule has 4 rings (SSSR count). The number of amides is 4. The first-order valence-electron chi connectivity index (χ1n) is 10.6. The lowest BCUT2D eigenvalue weighted by molar-refractivity contribution is -0.134. The summed E-state index contributed by atoms with van der Waals surface area (Å²) in [5, 5.41) is 2.91. The first kappa shape index (κ1) is 19.7. The fourth-order valence-electron chi connectivity index (χ4n) is 4.96. The van der Waals surface area contributed by atoms with Crippen LogP contribution < -0.4 is 10.1 Å². The maximum atomic E-state index is 12.9. The predicted octanol–water partition coefficient (Wildman–Crippen LogP) is 3.00. The first-order valence-corrected chi connectivity index (χ1v) is 10.6. The molecule has 1 aromatic carbocycles. The minimum absolute atomic E-state index is 0.00601. The van der Waals surface area contributed by atoms with Crippen LogP contribution in [0.2, 0.25) is 0 Å². The van der Waals surface area contributed by atoms with E-state index in [2.05, 4.69) is 5.32 Å². The largest absolute Gasteiger partial charge is 0.497 e. The van der Waals surface area contributed by atoms with E-state index in [1.165, 1.54) is 4.90 Å². The molecule has 1 atom stereocenters. The monoisotopic (exact) mass is 399 g/mol. The number of nitrogens with one attached hydrogen (secondary N) is 1. The molecule has 0 aromatic heterocycles. The zero-order valence-corrected chi connectivity index (χ0v) is 17.0. The summed E-state index contributed by atoms with van der Waals surface area (Å²) in [6.45, 7) is 0.858. The lowest BCUT2D eigenvalue weighted by Gasteiger charge is -2.30. The average Bonchev–Trinajstić information content (AvgIpc) is 3.31. The second-order valence-corrected chi connectivity index (χ2v) is 8.30. The van der Waals surface area contributed by atoms with E-state index in [0.29, 0.717) is 19.4 Å². The topological polar surface area (TPSA) is 79.0 Å². The maximum Gasteiger partial charge on any atom is 0.325 e. The number of hydrogen-bond acceptors (Lipinski definition) is 4. The number of urea groups is 1. The number of imide groups is 1. The quantitative estimate of drug-likeness (QED) is 0.772. The number of ether oxygens (including phenoxy) is 1. The number of rotatable bonds is 5. The van der Waals surface area contributed by atoms with Crippen molar-refractivity contribution >= 4 is 17.8 Å². The number of hydrogen-bond donors (Lipinski definition) is 1. The van der Waals surface area contributed by atoms with E-state index in [-0.39, 0.29) is 36.9 Å². The minimum Gasteiger partial charge on any atom is -0.497 e. The SMILES string of the molecule is COc1ccc([C@H]2CCCN2C(=O)CCN2C(=O)NC3(CCCCC3)C2=O)cc1. The number of carbonyl (C=O) groups is 3. The molecular formula is C22H29N3O4. The van der Waals surface area contributed by atoms with Gasteiger partial charge in [-0.2, -0.15) is 0 Å². The smallest absolute Gasteiger partial charge is 0.325 e. The second-order valence-electron chi connectivity index (χ2n) is 8.30. The molecule has 1 spiro atoms. The Kier molecular flexibility index (Phi) is 5.48. The van der Waals surface area contributed by atoms with Gasteiger partial charge in [0.25, 0.3) is 5.91 Å². The van der Waals surface area contributed by atoms with Gasteiger partial charge in [0.2, 0.25) is 5.91 Å². The molecule has 0 radical (unpaired) electrons. The summed E-state index contributed by atoms with van der Waals surface area (Å²) in [6.07, 6.45) is 6.46. The lowest BCUT2D eigenvalue weighted by atomic mass is 9.82. The van der Waals surface area contributed by atoms with E-state index < -0.39 is 5.54 Å². The van der Waals surface area contributed by atoms with Gasteiger partial charge in [0, 0.05) is 19.5 Å². The molecule has 3 fully saturated rings. The molecule has 1 saturated carbocycles. The van der Waals surface area contributed by atoms with Crippen LogP contribution in [0.4, 0.5) is 4.79 Å². The molecule has 29 heavy (non-hydrogen) atoms. The first-order chi connectivity index (χ1) is 14.0. The predicted molar refractivity (Wildman–Crippen MR) is 107 cm³/mol. The van der Waals surface area contributed by atoms with Crippen LogP contribution in [0.3, 0.4) is 0 Å². The second kappa shape index (κ2) is 8.05. The van der Waals surface area contributed by atoms with Crippen LogP contribution in [0.5, 0.6) is 5.75 Å². The van der Waals surface area contributed by atoms with Crippen molar-refractivity contribution in [2.75, 3.05) is 20.2 Å². The van der Waals surface area contributed by atoms with Crippen LogP contribution in [0.1, 0.15) is 63.0 Å². The van der Waals surface area contributed by atoms with Gasteiger partial charge in [-0.05, 0) is 43.4 Å². The molecule has 156 valence electrons. The van der Waals surface area contributed by atoms with Gasteiger partial charge >= 0.3 is 6.03 Å². The molecule has 2 heterocycles. The van der Waals surface area contributed by atoms with Crippen molar-refractivity contribution in [3.8, 4) is 5.75 Å². The molecule has 2 saturated heterocycles. The summed E-state index contributed by atoms with van der Waals surface area (Å²) in [5.41, 5.74) is 0.366. The molecule has 0 bridgehead atoms. The Morgan fingerprint density at radius 3 is 2.55 bits per heavy atom. The zero-order chi connectivity index (χ0) is 20.4. The Bertz CT molecular complexity index is 786.